The SMILES string of the molecule is Cc1cc(-c2csc(N[C@@H](C)c3ccccc3)n2)c(C)n1Cc1ccco1. The first-order valence-corrected chi connectivity index (χ1v) is 9.96. The van der Waals surface area contributed by atoms with Gasteiger partial charge in [-0.25, -0.2) is 4.98 Å². The highest BCUT2D eigenvalue weighted by atomic mass is 32.1. The average molecular weight is 378 g/mol. The van der Waals surface area contributed by atoms with Crippen molar-refractivity contribution in [3.05, 3.63) is 82.9 Å². The van der Waals surface area contributed by atoms with Gasteiger partial charge in [-0.1, -0.05) is 30.3 Å². The number of aryl methyl sites for hydroxylation is 1. The molecule has 1 N–H and O–H groups in total. The van der Waals surface area contributed by atoms with Gasteiger partial charge in [0.2, 0.25) is 0 Å². The summed E-state index contributed by atoms with van der Waals surface area (Å²) in [7, 11) is 0. The first-order valence-electron chi connectivity index (χ1n) is 9.08. The predicted octanol–water partition coefficient (Wildman–Crippen LogP) is 6.04. The molecule has 27 heavy (non-hydrogen) atoms. The summed E-state index contributed by atoms with van der Waals surface area (Å²) in [6.45, 7) is 7.17. The molecule has 0 aliphatic heterocycles. The van der Waals surface area contributed by atoms with Crippen LogP contribution < -0.4 is 5.32 Å². The van der Waals surface area contributed by atoms with Crippen LogP contribution >= 0.6 is 11.3 Å². The van der Waals surface area contributed by atoms with Crippen LogP contribution in [0.3, 0.4) is 0 Å². The summed E-state index contributed by atoms with van der Waals surface area (Å²) >= 11 is 1.65. The van der Waals surface area contributed by atoms with Crippen molar-refractivity contribution in [1.82, 2.24) is 9.55 Å². The molecule has 4 nitrogen and oxygen atoms in total. The van der Waals surface area contributed by atoms with Gasteiger partial charge in [-0.15, -0.1) is 11.3 Å². The third kappa shape index (κ3) is 3.69. The molecular weight excluding hydrogens is 354 g/mol. The van der Waals surface area contributed by atoms with Crippen molar-refractivity contribution in [2.24, 2.45) is 0 Å². The van der Waals surface area contributed by atoms with E-state index in [1.54, 1.807) is 17.6 Å². The molecule has 1 atom stereocenters. The number of thiazole rings is 1. The van der Waals surface area contributed by atoms with Crippen LogP contribution in [0, 0.1) is 13.8 Å². The van der Waals surface area contributed by atoms with Gasteiger partial charge in [-0.2, -0.15) is 0 Å². The van der Waals surface area contributed by atoms with Crippen LogP contribution in [0.4, 0.5) is 5.13 Å². The minimum atomic E-state index is 0.219. The number of aromatic nitrogens is 2. The van der Waals surface area contributed by atoms with E-state index in [0.29, 0.717) is 0 Å². The zero-order valence-corrected chi connectivity index (χ0v) is 16.6. The van der Waals surface area contributed by atoms with Gasteiger partial charge in [0.05, 0.1) is 24.5 Å². The van der Waals surface area contributed by atoms with Crippen molar-refractivity contribution >= 4 is 16.5 Å². The summed E-state index contributed by atoms with van der Waals surface area (Å²) in [6, 6.07) is 16.8. The first-order chi connectivity index (χ1) is 13.1. The van der Waals surface area contributed by atoms with Crippen molar-refractivity contribution in [3.8, 4) is 11.3 Å². The van der Waals surface area contributed by atoms with E-state index >= 15 is 0 Å². The van der Waals surface area contributed by atoms with E-state index in [9.17, 15) is 0 Å². The topological polar surface area (TPSA) is 43.0 Å². The van der Waals surface area contributed by atoms with Gasteiger partial charge in [-0.05, 0) is 44.5 Å². The number of benzene rings is 1. The van der Waals surface area contributed by atoms with Crippen LogP contribution in [0.25, 0.3) is 11.3 Å². The third-order valence-corrected chi connectivity index (χ3v) is 5.66. The summed E-state index contributed by atoms with van der Waals surface area (Å²) in [5.74, 6) is 0.959. The zero-order valence-electron chi connectivity index (χ0n) is 15.8. The average Bonchev–Trinajstić information content (AvgIpc) is 3.41. The fourth-order valence-electron chi connectivity index (χ4n) is 3.34. The second-order valence-electron chi connectivity index (χ2n) is 6.76. The van der Waals surface area contributed by atoms with Crippen molar-refractivity contribution in [2.75, 3.05) is 5.32 Å². The Labute approximate surface area is 163 Å². The minimum absolute atomic E-state index is 0.219. The molecule has 0 unspecified atom stereocenters. The van der Waals surface area contributed by atoms with E-state index in [-0.39, 0.29) is 6.04 Å². The molecule has 3 aromatic heterocycles. The van der Waals surface area contributed by atoms with Crippen LogP contribution in [-0.4, -0.2) is 9.55 Å². The highest BCUT2D eigenvalue weighted by Gasteiger charge is 2.15. The lowest BCUT2D eigenvalue weighted by Crippen LogP contribution is -2.06. The van der Waals surface area contributed by atoms with E-state index in [2.05, 4.69) is 66.4 Å². The zero-order chi connectivity index (χ0) is 18.8. The monoisotopic (exact) mass is 377 g/mol. The fraction of sp³-hybridized carbons (Fsp3) is 0.227. The molecule has 0 spiro atoms. The van der Waals surface area contributed by atoms with Gasteiger partial charge in [0, 0.05) is 22.3 Å². The Bertz CT molecular complexity index is 1020. The second kappa shape index (κ2) is 7.45. The number of hydrogen-bond donors (Lipinski definition) is 1. The maximum atomic E-state index is 5.51. The molecule has 5 heteroatoms. The normalized spacial score (nSPS) is 12.3. The number of rotatable bonds is 6. The van der Waals surface area contributed by atoms with Gasteiger partial charge in [0.25, 0.3) is 0 Å². The Morgan fingerprint density at radius 2 is 1.96 bits per heavy atom. The van der Waals surface area contributed by atoms with Crippen molar-refractivity contribution in [2.45, 2.75) is 33.4 Å². The van der Waals surface area contributed by atoms with E-state index in [1.807, 2.05) is 18.2 Å². The molecule has 0 saturated carbocycles. The van der Waals surface area contributed by atoms with Gasteiger partial charge < -0.3 is 14.3 Å². The van der Waals surface area contributed by atoms with Crippen LogP contribution in [-0.2, 0) is 6.54 Å². The molecule has 1 aromatic carbocycles. The minimum Gasteiger partial charge on any atom is -0.467 e. The molecule has 4 rings (SSSR count). The fourth-order valence-corrected chi connectivity index (χ4v) is 4.13. The van der Waals surface area contributed by atoms with Crippen molar-refractivity contribution < 1.29 is 4.42 Å². The van der Waals surface area contributed by atoms with Crippen LogP contribution in [0.5, 0.6) is 0 Å². The van der Waals surface area contributed by atoms with E-state index in [0.717, 1.165) is 23.1 Å². The summed E-state index contributed by atoms with van der Waals surface area (Å²) in [4.78, 5) is 4.83. The van der Waals surface area contributed by atoms with Crippen LogP contribution in [0.2, 0.25) is 0 Å². The quantitative estimate of drug-likeness (QED) is 0.445. The Morgan fingerprint density at radius 1 is 1.15 bits per heavy atom. The standard InChI is InChI=1S/C22H23N3OS/c1-15-12-20(17(3)25(15)13-19-10-7-11-26-19)21-14-27-22(24-21)23-16(2)18-8-5-4-6-9-18/h4-12,14,16H,13H2,1-3H3,(H,23,24)/t16-/m0/s1. The van der Waals surface area contributed by atoms with Gasteiger partial charge in [-0.3, -0.25) is 0 Å². The Morgan fingerprint density at radius 3 is 2.70 bits per heavy atom. The highest BCUT2D eigenvalue weighted by molar-refractivity contribution is 7.14. The summed E-state index contributed by atoms with van der Waals surface area (Å²) in [6.07, 6.45) is 1.72. The van der Waals surface area contributed by atoms with Crippen molar-refractivity contribution in [3.63, 3.8) is 0 Å². The number of hydrogen-bond acceptors (Lipinski definition) is 4. The Balaban J connectivity index is 1.55. The molecule has 3 heterocycles. The lowest BCUT2D eigenvalue weighted by Gasteiger charge is -2.12. The molecule has 4 aromatic rings. The van der Waals surface area contributed by atoms with Gasteiger partial charge >= 0.3 is 0 Å². The highest BCUT2D eigenvalue weighted by Crippen LogP contribution is 2.31. The molecule has 0 saturated heterocycles. The van der Waals surface area contributed by atoms with Gasteiger partial charge in [0.1, 0.15) is 5.76 Å². The predicted molar refractivity (Wildman–Crippen MR) is 111 cm³/mol. The third-order valence-electron chi connectivity index (χ3n) is 4.89. The molecule has 138 valence electrons. The summed E-state index contributed by atoms with van der Waals surface area (Å²) in [5, 5.41) is 6.58. The molecule has 0 bridgehead atoms. The number of anilines is 1. The Kier molecular flexibility index (Phi) is 4.86. The van der Waals surface area contributed by atoms with Gasteiger partial charge in [0.15, 0.2) is 5.13 Å². The molecule has 0 aliphatic rings. The lowest BCUT2D eigenvalue weighted by molar-refractivity contribution is 0.489. The maximum Gasteiger partial charge on any atom is 0.183 e. The molecule has 0 radical (unpaired) electrons. The van der Waals surface area contributed by atoms with E-state index in [4.69, 9.17) is 9.40 Å². The molecule has 0 fully saturated rings. The molecule has 0 amide bonds. The molecule has 0 aliphatic carbocycles. The van der Waals surface area contributed by atoms with Crippen LogP contribution in [0.1, 0.15) is 35.7 Å². The van der Waals surface area contributed by atoms with Crippen LogP contribution in [0.15, 0.2) is 64.6 Å². The lowest BCUT2D eigenvalue weighted by atomic mass is 10.1. The first kappa shape index (κ1) is 17.6. The number of furan rings is 1. The molecular formula is C22H23N3OS. The summed E-state index contributed by atoms with van der Waals surface area (Å²) in [5.41, 5.74) is 5.86. The van der Waals surface area contributed by atoms with E-state index in [1.165, 1.54) is 22.5 Å². The van der Waals surface area contributed by atoms with E-state index < -0.39 is 0 Å². The number of nitrogens with zero attached hydrogens (tertiary/aromatic N) is 2. The smallest absolute Gasteiger partial charge is 0.183 e. The Hall–Kier alpha value is -2.79. The largest absolute Gasteiger partial charge is 0.467 e. The second-order valence-corrected chi connectivity index (χ2v) is 7.62. The van der Waals surface area contributed by atoms with Crippen molar-refractivity contribution in [1.29, 1.82) is 0 Å². The maximum absolute atomic E-state index is 5.51. The summed E-state index contributed by atoms with van der Waals surface area (Å²) < 4.78 is 7.78. The number of nitrogens with one attached hydrogen (secondary N) is 1.